The number of alkyl carbamates (subject to hydrolysis) is 1. The molecule has 1 aliphatic rings. The van der Waals surface area contributed by atoms with Gasteiger partial charge in [-0.05, 0) is 40.5 Å². The monoisotopic (exact) mass is 324 g/mol. The highest BCUT2D eigenvalue weighted by atomic mass is 16.6. The third-order valence-electron chi connectivity index (χ3n) is 3.29. The minimum Gasteiger partial charge on any atom is -0.444 e. The van der Waals surface area contributed by atoms with Gasteiger partial charge in [-0.1, -0.05) is 5.16 Å². The Morgan fingerprint density at radius 2 is 2.17 bits per heavy atom. The van der Waals surface area contributed by atoms with Crippen LogP contribution in [-0.2, 0) is 4.74 Å². The Hall–Kier alpha value is -2.25. The number of urea groups is 1. The van der Waals surface area contributed by atoms with Gasteiger partial charge in [0, 0.05) is 25.2 Å². The normalized spacial score (nSPS) is 18.4. The highest BCUT2D eigenvalue weighted by Gasteiger charge is 2.27. The maximum absolute atomic E-state index is 12.2. The fourth-order valence-corrected chi connectivity index (χ4v) is 2.37. The van der Waals surface area contributed by atoms with Crippen LogP contribution >= 0.6 is 0 Å². The fourth-order valence-electron chi connectivity index (χ4n) is 2.37. The quantitative estimate of drug-likeness (QED) is 0.871. The first kappa shape index (κ1) is 17.1. The Morgan fingerprint density at radius 3 is 2.78 bits per heavy atom. The zero-order valence-corrected chi connectivity index (χ0v) is 14.0. The standard InChI is InChI=1S/C15H24N4O4/c1-10-8-12(18-23-10)17-13(20)19-7-5-6-11(9-19)16-14(21)22-15(2,3)4/h8,11H,5-7,9H2,1-4H3,(H,16,21)(H,17,18,20). The molecule has 0 aliphatic carbocycles. The van der Waals surface area contributed by atoms with Gasteiger partial charge in [-0.3, -0.25) is 5.32 Å². The average Bonchev–Trinajstić information content (AvgIpc) is 2.82. The van der Waals surface area contributed by atoms with E-state index in [0.717, 1.165) is 12.8 Å². The van der Waals surface area contributed by atoms with Gasteiger partial charge in [0.15, 0.2) is 5.82 Å². The number of nitrogens with one attached hydrogen (secondary N) is 2. The summed E-state index contributed by atoms with van der Waals surface area (Å²) in [5.41, 5.74) is -0.541. The van der Waals surface area contributed by atoms with Crippen molar-refractivity contribution in [2.24, 2.45) is 0 Å². The Morgan fingerprint density at radius 1 is 1.43 bits per heavy atom. The molecule has 1 atom stereocenters. The number of amides is 3. The van der Waals surface area contributed by atoms with Crippen LogP contribution in [0.15, 0.2) is 10.6 Å². The summed E-state index contributed by atoms with van der Waals surface area (Å²) in [7, 11) is 0. The number of ether oxygens (including phenoxy) is 1. The van der Waals surface area contributed by atoms with Crippen LogP contribution in [0.5, 0.6) is 0 Å². The van der Waals surface area contributed by atoms with Crippen LogP contribution in [0.2, 0.25) is 0 Å². The molecule has 2 N–H and O–H groups in total. The van der Waals surface area contributed by atoms with Gasteiger partial charge in [-0.2, -0.15) is 0 Å². The SMILES string of the molecule is Cc1cc(NC(=O)N2CCCC(NC(=O)OC(C)(C)C)C2)no1. The zero-order chi connectivity index (χ0) is 17.0. The lowest BCUT2D eigenvalue weighted by atomic mass is 10.1. The summed E-state index contributed by atoms with van der Waals surface area (Å²) in [5.74, 6) is 1.01. The summed E-state index contributed by atoms with van der Waals surface area (Å²) in [6.07, 6.45) is 1.16. The second-order valence-electron chi connectivity index (χ2n) is 6.68. The number of hydrogen-bond donors (Lipinski definition) is 2. The summed E-state index contributed by atoms with van der Waals surface area (Å²) in [6.45, 7) is 8.26. The number of piperidine rings is 1. The maximum atomic E-state index is 12.2. The van der Waals surface area contributed by atoms with Crippen molar-refractivity contribution in [3.63, 3.8) is 0 Å². The third kappa shape index (κ3) is 5.46. The number of carbonyl (C=O) groups excluding carboxylic acids is 2. The molecule has 2 rings (SSSR count). The molecule has 128 valence electrons. The lowest BCUT2D eigenvalue weighted by molar-refractivity contribution is 0.0480. The maximum Gasteiger partial charge on any atom is 0.407 e. The topological polar surface area (TPSA) is 96.7 Å². The van der Waals surface area contributed by atoms with Gasteiger partial charge in [0.05, 0.1) is 0 Å². The van der Waals surface area contributed by atoms with E-state index in [1.54, 1.807) is 17.9 Å². The lowest BCUT2D eigenvalue weighted by Gasteiger charge is -2.33. The smallest absolute Gasteiger partial charge is 0.407 e. The minimum atomic E-state index is -0.541. The number of likely N-dealkylation sites (tertiary alicyclic amines) is 1. The molecule has 1 saturated heterocycles. The Bertz CT molecular complexity index is 564. The highest BCUT2D eigenvalue weighted by molar-refractivity contribution is 5.88. The fraction of sp³-hybridized carbons (Fsp3) is 0.667. The van der Waals surface area contributed by atoms with Gasteiger partial charge < -0.3 is 19.5 Å². The molecule has 23 heavy (non-hydrogen) atoms. The number of aromatic nitrogens is 1. The molecule has 0 bridgehead atoms. The number of hydrogen-bond acceptors (Lipinski definition) is 5. The number of rotatable bonds is 2. The molecule has 1 aromatic heterocycles. The van der Waals surface area contributed by atoms with Gasteiger partial charge in [-0.15, -0.1) is 0 Å². The molecule has 0 spiro atoms. The van der Waals surface area contributed by atoms with Crippen molar-refractivity contribution in [2.75, 3.05) is 18.4 Å². The Labute approximate surface area is 135 Å². The summed E-state index contributed by atoms with van der Waals surface area (Å²) < 4.78 is 10.2. The van der Waals surface area contributed by atoms with Crippen LogP contribution in [0.25, 0.3) is 0 Å². The molecule has 1 fully saturated rings. The number of carbonyl (C=O) groups is 2. The zero-order valence-electron chi connectivity index (χ0n) is 14.0. The molecule has 8 nitrogen and oxygen atoms in total. The van der Waals surface area contributed by atoms with Crippen LogP contribution in [0.4, 0.5) is 15.4 Å². The Kier molecular flexibility index (Phi) is 5.12. The van der Waals surface area contributed by atoms with Gasteiger partial charge in [-0.25, -0.2) is 9.59 Å². The molecular weight excluding hydrogens is 300 g/mol. The molecule has 8 heteroatoms. The first-order valence-corrected chi connectivity index (χ1v) is 7.72. The summed E-state index contributed by atoms with van der Waals surface area (Å²) in [6, 6.07) is 1.27. The van der Waals surface area contributed by atoms with Crippen molar-refractivity contribution < 1.29 is 18.8 Å². The van der Waals surface area contributed by atoms with Gasteiger partial charge >= 0.3 is 12.1 Å². The predicted molar refractivity (Wildman–Crippen MR) is 84.2 cm³/mol. The van der Waals surface area contributed by atoms with Crippen LogP contribution < -0.4 is 10.6 Å². The molecule has 1 unspecified atom stereocenters. The predicted octanol–water partition coefficient (Wildman–Crippen LogP) is 2.50. The van der Waals surface area contributed by atoms with E-state index in [1.165, 1.54) is 0 Å². The lowest BCUT2D eigenvalue weighted by Crippen LogP contribution is -2.51. The van der Waals surface area contributed by atoms with Crippen molar-refractivity contribution in [1.29, 1.82) is 0 Å². The van der Waals surface area contributed by atoms with Crippen molar-refractivity contribution in [2.45, 2.75) is 52.2 Å². The molecule has 1 aliphatic heterocycles. The molecule has 1 aromatic rings. The third-order valence-corrected chi connectivity index (χ3v) is 3.29. The number of aryl methyl sites for hydroxylation is 1. The molecule has 2 heterocycles. The molecular formula is C15H24N4O4. The second-order valence-corrected chi connectivity index (χ2v) is 6.68. The molecule has 0 saturated carbocycles. The van der Waals surface area contributed by atoms with E-state index < -0.39 is 11.7 Å². The van der Waals surface area contributed by atoms with Crippen LogP contribution in [0, 0.1) is 6.92 Å². The first-order chi connectivity index (χ1) is 10.7. The molecule has 3 amide bonds. The van der Waals surface area contributed by atoms with Crippen molar-refractivity contribution in [3.05, 3.63) is 11.8 Å². The molecule has 0 radical (unpaired) electrons. The van der Waals surface area contributed by atoms with E-state index in [4.69, 9.17) is 9.26 Å². The van der Waals surface area contributed by atoms with Gasteiger partial charge in [0.2, 0.25) is 0 Å². The Balaban J connectivity index is 1.85. The summed E-state index contributed by atoms with van der Waals surface area (Å²) >= 11 is 0. The van der Waals surface area contributed by atoms with E-state index in [0.29, 0.717) is 24.7 Å². The van der Waals surface area contributed by atoms with E-state index in [-0.39, 0.29) is 12.1 Å². The highest BCUT2D eigenvalue weighted by Crippen LogP contribution is 2.14. The second kappa shape index (κ2) is 6.89. The van der Waals surface area contributed by atoms with Crippen molar-refractivity contribution >= 4 is 17.9 Å². The summed E-state index contributed by atoms with van der Waals surface area (Å²) in [4.78, 5) is 25.7. The van der Waals surface area contributed by atoms with E-state index >= 15 is 0 Å². The van der Waals surface area contributed by atoms with Gasteiger partial charge in [0.1, 0.15) is 11.4 Å². The first-order valence-electron chi connectivity index (χ1n) is 7.72. The number of nitrogens with zero attached hydrogens (tertiary/aromatic N) is 2. The van der Waals surface area contributed by atoms with Crippen molar-refractivity contribution in [1.82, 2.24) is 15.4 Å². The van der Waals surface area contributed by atoms with E-state index in [2.05, 4.69) is 15.8 Å². The van der Waals surface area contributed by atoms with E-state index in [1.807, 2.05) is 20.8 Å². The minimum absolute atomic E-state index is 0.122. The van der Waals surface area contributed by atoms with Crippen LogP contribution in [0.3, 0.4) is 0 Å². The largest absolute Gasteiger partial charge is 0.444 e. The van der Waals surface area contributed by atoms with Crippen LogP contribution in [-0.4, -0.2) is 46.9 Å². The number of anilines is 1. The average molecular weight is 324 g/mol. The van der Waals surface area contributed by atoms with Crippen molar-refractivity contribution in [3.8, 4) is 0 Å². The molecule has 0 aromatic carbocycles. The summed E-state index contributed by atoms with van der Waals surface area (Å²) in [5, 5.41) is 9.23. The van der Waals surface area contributed by atoms with Gasteiger partial charge in [0.25, 0.3) is 0 Å². The van der Waals surface area contributed by atoms with Crippen LogP contribution in [0.1, 0.15) is 39.4 Å². The van der Waals surface area contributed by atoms with E-state index in [9.17, 15) is 9.59 Å².